The second-order valence-electron chi connectivity index (χ2n) is 4.62. The first kappa shape index (κ1) is 14.4. The molecular weight excluding hydrogens is 262 g/mol. The number of aliphatic hydroxyl groups excluding tert-OH is 1. The van der Waals surface area contributed by atoms with Gasteiger partial charge in [-0.3, -0.25) is 0 Å². The van der Waals surface area contributed by atoms with E-state index >= 15 is 0 Å². The van der Waals surface area contributed by atoms with E-state index in [1.54, 1.807) is 0 Å². The van der Waals surface area contributed by atoms with Crippen molar-refractivity contribution in [1.29, 1.82) is 0 Å². The highest BCUT2D eigenvalue weighted by Gasteiger charge is 2.22. The first-order valence-corrected chi connectivity index (χ1v) is 7.78. The van der Waals surface area contributed by atoms with Crippen LogP contribution in [-0.2, 0) is 0 Å². The van der Waals surface area contributed by atoms with Crippen molar-refractivity contribution in [2.75, 3.05) is 29.7 Å². The average Bonchev–Trinajstić information content (AvgIpc) is 2.71. The molecule has 1 fully saturated rings. The predicted octanol–water partition coefficient (Wildman–Crippen LogP) is 1.23. The standard InChI is InChI=1S/C12H21N5OS/c1-19-12-14-10(16-13)7-11(15-12)17-6-4-2-3-5-9(17)8-18/h7,9,18H,2-6,8,13H2,1H3,(H,14,15,16). The number of hydrazine groups is 1. The number of nitrogen functional groups attached to an aromatic ring is 1. The molecule has 1 aromatic heterocycles. The summed E-state index contributed by atoms with van der Waals surface area (Å²) < 4.78 is 0. The second kappa shape index (κ2) is 6.93. The van der Waals surface area contributed by atoms with Crippen molar-refractivity contribution < 1.29 is 5.11 Å². The van der Waals surface area contributed by atoms with E-state index in [1.165, 1.54) is 18.2 Å². The molecule has 0 amide bonds. The van der Waals surface area contributed by atoms with E-state index in [2.05, 4.69) is 20.3 Å². The molecule has 1 aliphatic heterocycles. The number of rotatable bonds is 4. The van der Waals surface area contributed by atoms with E-state index in [1.807, 2.05) is 12.3 Å². The van der Waals surface area contributed by atoms with Crippen molar-refractivity contribution in [2.24, 2.45) is 5.84 Å². The molecule has 0 aromatic carbocycles. The van der Waals surface area contributed by atoms with E-state index in [0.29, 0.717) is 11.0 Å². The van der Waals surface area contributed by atoms with Gasteiger partial charge in [-0.1, -0.05) is 24.6 Å². The van der Waals surface area contributed by atoms with Crippen LogP contribution in [0.15, 0.2) is 11.2 Å². The van der Waals surface area contributed by atoms with Gasteiger partial charge in [0.1, 0.15) is 11.6 Å². The monoisotopic (exact) mass is 283 g/mol. The van der Waals surface area contributed by atoms with Gasteiger partial charge in [0.05, 0.1) is 12.6 Å². The van der Waals surface area contributed by atoms with Crippen molar-refractivity contribution in [3.05, 3.63) is 6.07 Å². The highest BCUT2D eigenvalue weighted by atomic mass is 32.2. The predicted molar refractivity (Wildman–Crippen MR) is 78.3 cm³/mol. The Balaban J connectivity index is 2.31. The lowest BCUT2D eigenvalue weighted by atomic mass is 10.1. The molecule has 0 saturated carbocycles. The van der Waals surface area contributed by atoms with Gasteiger partial charge in [-0.15, -0.1) is 0 Å². The zero-order valence-electron chi connectivity index (χ0n) is 11.2. The summed E-state index contributed by atoms with van der Waals surface area (Å²) >= 11 is 1.48. The Labute approximate surface area is 117 Å². The summed E-state index contributed by atoms with van der Waals surface area (Å²) in [5.41, 5.74) is 2.58. The number of thioether (sulfide) groups is 1. The number of nitrogens with zero attached hydrogens (tertiary/aromatic N) is 3. The summed E-state index contributed by atoms with van der Waals surface area (Å²) in [6.07, 6.45) is 6.42. The smallest absolute Gasteiger partial charge is 0.191 e. The van der Waals surface area contributed by atoms with Crippen LogP contribution in [0, 0.1) is 0 Å². The van der Waals surface area contributed by atoms with Gasteiger partial charge in [-0.05, 0) is 19.1 Å². The van der Waals surface area contributed by atoms with E-state index in [0.717, 1.165) is 31.6 Å². The van der Waals surface area contributed by atoms with E-state index in [9.17, 15) is 5.11 Å². The van der Waals surface area contributed by atoms with E-state index < -0.39 is 0 Å². The van der Waals surface area contributed by atoms with Crippen LogP contribution in [-0.4, -0.2) is 40.5 Å². The highest BCUT2D eigenvalue weighted by molar-refractivity contribution is 7.98. The van der Waals surface area contributed by atoms with Gasteiger partial charge in [0.25, 0.3) is 0 Å². The molecule has 2 heterocycles. The molecule has 1 aliphatic rings. The minimum Gasteiger partial charge on any atom is -0.394 e. The molecule has 106 valence electrons. The average molecular weight is 283 g/mol. The summed E-state index contributed by atoms with van der Waals surface area (Å²) in [5, 5.41) is 10.3. The summed E-state index contributed by atoms with van der Waals surface area (Å²) in [6.45, 7) is 1.07. The third kappa shape index (κ3) is 3.49. The van der Waals surface area contributed by atoms with Gasteiger partial charge in [-0.2, -0.15) is 0 Å². The lowest BCUT2D eigenvalue weighted by molar-refractivity contribution is 0.254. The third-order valence-corrected chi connectivity index (χ3v) is 3.95. The van der Waals surface area contributed by atoms with Crippen LogP contribution in [0.5, 0.6) is 0 Å². The number of hydrogen-bond acceptors (Lipinski definition) is 7. The minimum atomic E-state index is 0.137. The Morgan fingerprint density at radius 2 is 2.32 bits per heavy atom. The highest BCUT2D eigenvalue weighted by Crippen LogP contribution is 2.25. The zero-order chi connectivity index (χ0) is 13.7. The Morgan fingerprint density at radius 3 is 3.00 bits per heavy atom. The quantitative estimate of drug-likeness (QED) is 0.331. The zero-order valence-corrected chi connectivity index (χ0v) is 12.0. The number of nitrogens with two attached hydrogens (primary N) is 1. The third-order valence-electron chi connectivity index (χ3n) is 3.40. The lowest BCUT2D eigenvalue weighted by Gasteiger charge is -2.30. The molecule has 6 nitrogen and oxygen atoms in total. The SMILES string of the molecule is CSc1nc(NN)cc(N2CCCCCC2CO)n1. The molecule has 0 radical (unpaired) electrons. The maximum Gasteiger partial charge on any atom is 0.191 e. The number of nitrogens with one attached hydrogen (secondary N) is 1. The Kier molecular flexibility index (Phi) is 5.24. The largest absolute Gasteiger partial charge is 0.394 e. The maximum atomic E-state index is 9.57. The number of aromatic nitrogens is 2. The molecule has 0 aliphatic carbocycles. The Morgan fingerprint density at radius 1 is 1.47 bits per heavy atom. The van der Waals surface area contributed by atoms with E-state index in [4.69, 9.17) is 5.84 Å². The summed E-state index contributed by atoms with van der Waals surface area (Å²) in [5.74, 6) is 6.90. The summed E-state index contributed by atoms with van der Waals surface area (Å²) in [4.78, 5) is 11.0. The van der Waals surface area contributed by atoms with Crippen LogP contribution < -0.4 is 16.2 Å². The maximum absolute atomic E-state index is 9.57. The van der Waals surface area contributed by atoms with Crippen molar-refractivity contribution in [3.63, 3.8) is 0 Å². The number of hydrogen-bond donors (Lipinski definition) is 3. The lowest BCUT2D eigenvalue weighted by Crippen LogP contribution is -2.38. The molecule has 4 N–H and O–H groups in total. The van der Waals surface area contributed by atoms with E-state index in [-0.39, 0.29) is 12.6 Å². The van der Waals surface area contributed by atoms with Gasteiger partial charge in [0, 0.05) is 12.6 Å². The molecule has 7 heteroatoms. The number of aliphatic hydroxyl groups is 1. The van der Waals surface area contributed by atoms with Crippen LogP contribution in [0.25, 0.3) is 0 Å². The summed E-state index contributed by atoms with van der Waals surface area (Å²) in [6, 6.07) is 1.98. The Hall–Kier alpha value is -1.05. The van der Waals surface area contributed by atoms with Crippen molar-refractivity contribution in [3.8, 4) is 0 Å². The fourth-order valence-corrected chi connectivity index (χ4v) is 2.77. The van der Waals surface area contributed by atoms with Crippen LogP contribution in [0.4, 0.5) is 11.6 Å². The van der Waals surface area contributed by atoms with Gasteiger partial charge in [0.15, 0.2) is 5.16 Å². The van der Waals surface area contributed by atoms with Crippen LogP contribution >= 0.6 is 11.8 Å². The van der Waals surface area contributed by atoms with Crippen molar-refractivity contribution >= 4 is 23.4 Å². The van der Waals surface area contributed by atoms with Crippen LogP contribution in [0.1, 0.15) is 25.7 Å². The topological polar surface area (TPSA) is 87.3 Å². The molecule has 1 atom stereocenters. The molecule has 0 spiro atoms. The molecule has 1 unspecified atom stereocenters. The van der Waals surface area contributed by atoms with Crippen molar-refractivity contribution in [2.45, 2.75) is 36.9 Å². The molecule has 1 saturated heterocycles. The molecule has 2 rings (SSSR count). The van der Waals surface area contributed by atoms with Crippen molar-refractivity contribution in [1.82, 2.24) is 9.97 Å². The van der Waals surface area contributed by atoms with Crippen LogP contribution in [0.2, 0.25) is 0 Å². The molecule has 0 bridgehead atoms. The minimum absolute atomic E-state index is 0.137. The fraction of sp³-hybridized carbons (Fsp3) is 0.667. The second-order valence-corrected chi connectivity index (χ2v) is 5.39. The normalized spacial score (nSPS) is 20.2. The van der Waals surface area contributed by atoms with Gasteiger partial charge in [0.2, 0.25) is 0 Å². The summed E-state index contributed by atoms with van der Waals surface area (Å²) in [7, 11) is 0. The van der Waals surface area contributed by atoms with Gasteiger partial charge < -0.3 is 15.4 Å². The van der Waals surface area contributed by atoms with Gasteiger partial charge >= 0.3 is 0 Å². The first-order chi connectivity index (χ1) is 9.28. The Bertz CT molecular complexity index is 395. The first-order valence-electron chi connectivity index (χ1n) is 6.55. The molecule has 1 aromatic rings. The number of anilines is 2. The fourth-order valence-electron chi connectivity index (χ4n) is 2.39. The van der Waals surface area contributed by atoms with Gasteiger partial charge in [-0.25, -0.2) is 15.8 Å². The molecular formula is C12H21N5OS. The molecule has 19 heavy (non-hydrogen) atoms. The van der Waals surface area contributed by atoms with Crippen LogP contribution in [0.3, 0.4) is 0 Å².